The predicted molar refractivity (Wildman–Crippen MR) is 112 cm³/mol. The number of carbonyl (C=O) groups excluding carboxylic acids is 3. The maximum Gasteiger partial charge on any atom is 0.243 e. The molecule has 0 heterocycles. The van der Waals surface area contributed by atoms with Crippen LogP contribution in [0, 0.1) is 0 Å². The molecule has 0 aliphatic heterocycles. The second kappa shape index (κ2) is 10.7. The lowest BCUT2D eigenvalue weighted by atomic mass is 10.2. The number of hydrogen-bond donors (Lipinski definition) is 4. The summed E-state index contributed by atoms with van der Waals surface area (Å²) in [5, 5.41) is 11.4. The van der Waals surface area contributed by atoms with Crippen molar-refractivity contribution in [1.29, 1.82) is 0 Å². The smallest absolute Gasteiger partial charge is 0.243 e. The molecule has 0 unspecified atom stereocenters. The fourth-order valence-electron chi connectivity index (χ4n) is 2.43. The van der Waals surface area contributed by atoms with E-state index in [4.69, 9.17) is 0 Å². The van der Waals surface area contributed by atoms with Gasteiger partial charge in [-0.3, -0.25) is 14.4 Å². The second-order valence-electron chi connectivity index (χ2n) is 6.26. The minimum atomic E-state index is -0.203. The van der Waals surface area contributed by atoms with Crippen LogP contribution < -0.4 is 21.3 Å². The molecular formula is C21H26N4O3. The molecule has 7 heteroatoms. The summed E-state index contributed by atoms with van der Waals surface area (Å²) in [5.74, 6) is -0.296. The third kappa shape index (κ3) is 7.11. The van der Waals surface area contributed by atoms with Crippen molar-refractivity contribution in [3.05, 3.63) is 48.5 Å². The first kappa shape index (κ1) is 21.0. The van der Waals surface area contributed by atoms with Gasteiger partial charge in [0.1, 0.15) is 0 Å². The standard InChI is InChI=1S/C21H26N4O3/c1-3-6-20(27)23-15-9-11-16(12-10-15)24-21(28)14-22-17-7-5-8-18(13-17)25-19(26)4-2/h5,7-13,22H,3-4,6,14H2,1-2H3,(H,23,27)(H,24,28)(H,25,26). The molecule has 2 rings (SSSR count). The van der Waals surface area contributed by atoms with E-state index in [1.54, 1.807) is 49.4 Å². The van der Waals surface area contributed by atoms with Crippen LogP contribution in [0.2, 0.25) is 0 Å². The molecule has 0 radical (unpaired) electrons. The quantitative estimate of drug-likeness (QED) is 0.530. The molecule has 0 aromatic heterocycles. The van der Waals surface area contributed by atoms with Gasteiger partial charge in [0, 0.05) is 35.6 Å². The van der Waals surface area contributed by atoms with E-state index in [1.807, 2.05) is 13.0 Å². The average Bonchev–Trinajstić information content (AvgIpc) is 2.68. The number of rotatable bonds is 9. The van der Waals surface area contributed by atoms with Crippen molar-refractivity contribution in [1.82, 2.24) is 0 Å². The van der Waals surface area contributed by atoms with E-state index in [0.29, 0.717) is 29.9 Å². The SMILES string of the molecule is CCCC(=O)Nc1ccc(NC(=O)CNc2cccc(NC(=O)CC)c2)cc1. The number of hydrogen-bond acceptors (Lipinski definition) is 4. The number of nitrogens with one attached hydrogen (secondary N) is 4. The third-order valence-electron chi connectivity index (χ3n) is 3.85. The number of carbonyl (C=O) groups is 3. The normalized spacial score (nSPS) is 10.1. The second-order valence-corrected chi connectivity index (χ2v) is 6.26. The highest BCUT2D eigenvalue weighted by atomic mass is 16.2. The van der Waals surface area contributed by atoms with Gasteiger partial charge in [0.05, 0.1) is 6.54 Å². The van der Waals surface area contributed by atoms with Crippen LogP contribution in [0.4, 0.5) is 22.7 Å². The largest absolute Gasteiger partial charge is 0.376 e. The van der Waals surface area contributed by atoms with Crippen LogP contribution in [0.5, 0.6) is 0 Å². The Morgan fingerprint density at radius 1 is 0.714 bits per heavy atom. The van der Waals surface area contributed by atoms with Crippen molar-refractivity contribution >= 4 is 40.5 Å². The van der Waals surface area contributed by atoms with E-state index in [2.05, 4.69) is 21.3 Å². The van der Waals surface area contributed by atoms with Gasteiger partial charge in [0.25, 0.3) is 0 Å². The molecule has 0 bridgehead atoms. The van der Waals surface area contributed by atoms with Crippen LogP contribution in [-0.2, 0) is 14.4 Å². The summed E-state index contributed by atoms with van der Waals surface area (Å²) in [6.07, 6.45) is 1.68. The summed E-state index contributed by atoms with van der Waals surface area (Å²) >= 11 is 0. The molecule has 0 fully saturated rings. The van der Waals surface area contributed by atoms with Crippen molar-refractivity contribution in [2.45, 2.75) is 33.1 Å². The molecule has 0 spiro atoms. The first-order valence-electron chi connectivity index (χ1n) is 9.33. The maximum atomic E-state index is 12.1. The molecule has 28 heavy (non-hydrogen) atoms. The lowest BCUT2D eigenvalue weighted by Crippen LogP contribution is -2.21. The molecule has 2 aromatic rings. The lowest BCUT2D eigenvalue weighted by Gasteiger charge is -2.10. The van der Waals surface area contributed by atoms with Crippen LogP contribution in [0.3, 0.4) is 0 Å². The van der Waals surface area contributed by atoms with Crippen LogP contribution >= 0.6 is 0 Å². The van der Waals surface area contributed by atoms with Crippen molar-refractivity contribution in [2.24, 2.45) is 0 Å². The molecule has 4 N–H and O–H groups in total. The highest BCUT2D eigenvalue weighted by Gasteiger charge is 2.05. The lowest BCUT2D eigenvalue weighted by molar-refractivity contribution is -0.116. The highest BCUT2D eigenvalue weighted by Crippen LogP contribution is 2.16. The molecule has 148 valence electrons. The molecule has 0 saturated carbocycles. The van der Waals surface area contributed by atoms with Gasteiger partial charge >= 0.3 is 0 Å². The average molecular weight is 382 g/mol. The molecule has 0 aliphatic carbocycles. The number of amides is 3. The third-order valence-corrected chi connectivity index (χ3v) is 3.85. The van der Waals surface area contributed by atoms with Crippen molar-refractivity contribution in [2.75, 3.05) is 27.8 Å². The van der Waals surface area contributed by atoms with Crippen LogP contribution in [0.1, 0.15) is 33.1 Å². The number of benzene rings is 2. The first-order chi connectivity index (χ1) is 13.5. The summed E-state index contributed by atoms with van der Waals surface area (Å²) in [7, 11) is 0. The minimum absolute atomic E-state index is 0.0270. The summed E-state index contributed by atoms with van der Waals surface area (Å²) in [5.41, 5.74) is 2.75. The van der Waals surface area contributed by atoms with E-state index in [0.717, 1.165) is 12.1 Å². The molecular weight excluding hydrogens is 356 g/mol. The summed E-state index contributed by atoms with van der Waals surface area (Å²) < 4.78 is 0. The van der Waals surface area contributed by atoms with Crippen molar-refractivity contribution < 1.29 is 14.4 Å². The van der Waals surface area contributed by atoms with E-state index >= 15 is 0 Å². The minimum Gasteiger partial charge on any atom is -0.376 e. The Hall–Kier alpha value is -3.35. The molecule has 2 aromatic carbocycles. The zero-order valence-corrected chi connectivity index (χ0v) is 16.2. The van der Waals surface area contributed by atoms with Crippen LogP contribution in [0.25, 0.3) is 0 Å². The first-order valence-corrected chi connectivity index (χ1v) is 9.33. The topological polar surface area (TPSA) is 99.3 Å². The Kier molecular flexibility index (Phi) is 8.02. The monoisotopic (exact) mass is 382 g/mol. The van der Waals surface area contributed by atoms with E-state index in [-0.39, 0.29) is 24.3 Å². The van der Waals surface area contributed by atoms with Gasteiger partial charge in [-0.15, -0.1) is 0 Å². The molecule has 0 atom stereocenters. The van der Waals surface area contributed by atoms with Gasteiger partial charge in [-0.25, -0.2) is 0 Å². The Balaban J connectivity index is 1.83. The van der Waals surface area contributed by atoms with Crippen LogP contribution in [0.15, 0.2) is 48.5 Å². The predicted octanol–water partition coefficient (Wildman–Crippen LogP) is 3.82. The van der Waals surface area contributed by atoms with Crippen molar-refractivity contribution in [3.8, 4) is 0 Å². The Morgan fingerprint density at radius 2 is 1.29 bits per heavy atom. The van der Waals surface area contributed by atoms with Gasteiger partial charge in [-0.2, -0.15) is 0 Å². The Morgan fingerprint density at radius 3 is 1.89 bits per heavy atom. The van der Waals surface area contributed by atoms with Crippen LogP contribution in [-0.4, -0.2) is 24.3 Å². The molecule has 0 saturated heterocycles. The maximum absolute atomic E-state index is 12.1. The van der Waals surface area contributed by atoms with Gasteiger partial charge in [-0.1, -0.05) is 19.9 Å². The fourth-order valence-corrected chi connectivity index (χ4v) is 2.43. The zero-order chi connectivity index (χ0) is 20.4. The van der Waals surface area contributed by atoms with Gasteiger partial charge in [-0.05, 0) is 48.9 Å². The highest BCUT2D eigenvalue weighted by molar-refractivity contribution is 5.95. The summed E-state index contributed by atoms with van der Waals surface area (Å²) in [6.45, 7) is 3.82. The fraction of sp³-hybridized carbons (Fsp3) is 0.286. The van der Waals surface area contributed by atoms with Gasteiger partial charge in [0.15, 0.2) is 0 Å². The Labute approximate surface area is 164 Å². The molecule has 3 amide bonds. The number of anilines is 4. The van der Waals surface area contributed by atoms with Crippen molar-refractivity contribution in [3.63, 3.8) is 0 Å². The molecule has 7 nitrogen and oxygen atoms in total. The van der Waals surface area contributed by atoms with E-state index in [9.17, 15) is 14.4 Å². The Bertz CT molecular complexity index is 819. The summed E-state index contributed by atoms with van der Waals surface area (Å²) in [6, 6.07) is 14.2. The van der Waals surface area contributed by atoms with Gasteiger partial charge < -0.3 is 21.3 Å². The molecule has 0 aliphatic rings. The van der Waals surface area contributed by atoms with Gasteiger partial charge in [0.2, 0.25) is 17.7 Å². The van der Waals surface area contributed by atoms with E-state index in [1.165, 1.54) is 0 Å². The zero-order valence-electron chi connectivity index (χ0n) is 16.2. The summed E-state index contributed by atoms with van der Waals surface area (Å²) in [4.78, 5) is 35.2. The van der Waals surface area contributed by atoms with E-state index < -0.39 is 0 Å².